The fraction of sp³-hybridized carbons (Fsp3) is 0.353. The van der Waals surface area contributed by atoms with E-state index in [0.29, 0.717) is 0 Å². The maximum Gasteiger partial charge on any atom is 0.0859 e. The molecule has 104 valence electrons. The van der Waals surface area contributed by atoms with Crippen molar-refractivity contribution in [2.45, 2.75) is 38.3 Å². The third-order valence-corrected chi connectivity index (χ3v) is 4.67. The van der Waals surface area contributed by atoms with Gasteiger partial charge in [-0.05, 0) is 42.7 Å². The van der Waals surface area contributed by atoms with Gasteiger partial charge in [-0.25, -0.2) is 0 Å². The Morgan fingerprint density at radius 2 is 1.65 bits per heavy atom. The molecule has 1 aliphatic heterocycles. The molecule has 1 N–H and O–H groups in total. The summed E-state index contributed by atoms with van der Waals surface area (Å²) in [6.45, 7) is 6.34. The van der Waals surface area contributed by atoms with Gasteiger partial charge in [0.2, 0.25) is 0 Å². The van der Waals surface area contributed by atoms with Gasteiger partial charge in [-0.2, -0.15) is 5.06 Å². The van der Waals surface area contributed by atoms with Crippen LogP contribution in [0, 0.1) is 0 Å². The summed E-state index contributed by atoms with van der Waals surface area (Å²) in [5.41, 5.74) is 3.23. The Kier molecular flexibility index (Phi) is 3.11. The van der Waals surface area contributed by atoms with E-state index < -0.39 is 0 Å². The molecule has 0 bridgehead atoms. The number of hydrogen-bond acceptors (Lipinski definition) is 3. The van der Waals surface area contributed by atoms with Crippen LogP contribution in [0.3, 0.4) is 0 Å². The first kappa shape index (κ1) is 13.3. The van der Waals surface area contributed by atoms with Gasteiger partial charge in [-0.15, -0.1) is 0 Å². The molecule has 1 aromatic heterocycles. The lowest BCUT2D eigenvalue weighted by Gasteiger charge is -2.48. The SMILES string of the molecule is CC1c2ccccc2C(c2ccncc2)N(O)C1(C)C. The fourth-order valence-corrected chi connectivity index (χ4v) is 3.06. The van der Waals surface area contributed by atoms with E-state index in [2.05, 4.69) is 44.0 Å². The van der Waals surface area contributed by atoms with Crippen molar-refractivity contribution in [3.8, 4) is 0 Å². The molecule has 2 unspecified atom stereocenters. The third-order valence-electron chi connectivity index (χ3n) is 4.67. The van der Waals surface area contributed by atoms with Crippen LogP contribution in [0.25, 0.3) is 0 Å². The summed E-state index contributed by atoms with van der Waals surface area (Å²) in [5, 5.41) is 12.3. The van der Waals surface area contributed by atoms with Gasteiger partial charge in [-0.1, -0.05) is 31.2 Å². The number of pyridine rings is 1. The molecule has 3 rings (SSSR count). The molecule has 0 aliphatic carbocycles. The first-order valence-corrected chi connectivity index (χ1v) is 7.00. The van der Waals surface area contributed by atoms with Crippen molar-refractivity contribution in [1.29, 1.82) is 0 Å². The molecule has 0 radical (unpaired) electrons. The van der Waals surface area contributed by atoms with Crippen molar-refractivity contribution in [2.24, 2.45) is 0 Å². The molecule has 0 saturated heterocycles. The lowest BCUT2D eigenvalue weighted by molar-refractivity contribution is -0.198. The van der Waals surface area contributed by atoms with Crippen molar-refractivity contribution in [3.05, 3.63) is 65.5 Å². The molecule has 20 heavy (non-hydrogen) atoms. The number of rotatable bonds is 1. The second kappa shape index (κ2) is 4.69. The van der Waals surface area contributed by atoms with Crippen LogP contribution in [0.15, 0.2) is 48.8 Å². The predicted octanol–water partition coefficient (Wildman–Crippen LogP) is 3.76. The van der Waals surface area contributed by atoms with Gasteiger partial charge in [-0.3, -0.25) is 4.98 Å². The molecule has 3 heteroatoms. The molecule has 0 saturated carbocycles. The number of hydroxylamine groups is 2. The molecule has 0 amide bonds. The summed E-state index contributed by atoms with van der Waals surface area (Å²) < 4.78 is 0. The summed E-state index contributed by atoms with van der Waals surface area (Å²) >= 11 is 0. The van der Waals surface area contributed by atoms with Gasteiger partial charge in [0.05, 0.1) is 6.04 Å². The minimum Gasteiger partial charge on any atom is -0.313 e. The van der Waals surface area contributed by atoms with E-state index in [-0.39, 0.29) is 17.5 Å². The van der Waals surface area contributed by atoms with Crippen molar-refractivity contribution in [3.63, 3.8) is 0 Å². The second-order valence-electron chi connectivity index (χ2n) is 6.03. The van der Waals surface area contributed by atoms with Crippen LogP contribution in [-0.2, 0) is 0 Å². The van der Waals surface area contributed by atoms with Crippen molar-refractivity contribution < 1.29 is 5.21 Å². The van der Waals surface area contributed by atoms with Crippen LogP contribution in [-0.4, -0.2) is 20.8 Å². The quantitative estimate of drug-likeness (QED) is 0.855. The maximum absolute atomic E-state index is 10.8. The lowest BCUT2D eigenvalue weighted by atomic mass is 9.74. The zero-order valence-electron chi connectivity index (χ0n) is 12.1. The Hall–Kier alpha value is -1.71. The van der Waals surface area contributed by atoms with E-state index in [1.165, 1.54) is 16.2 Å². The van der Waals surface area contributed by atoms with Gasteiger partial charge >= 0.3 is 0 Å². The van der Waals surface area contributed by atoms with Crippen LogP contribution in [0.1, 0.15) is 49.4 Å². The summed E-state index contributed by atoms with van der Waals surface area (Å²) in [6.07, 6.45) is 3.55. The van der Waals surface area contributed by atoms with E-state index >= 15 is 0 Å². The zero-order valence-corrected chi connectivity index (χ0v) is 12.1. The van der Waals surface area contributed by atoms with Crippen molar-refractivity contribution in [2.75, 3.05) is 0 Å². The average molecular weight is 268 g/mol. The Balaban J connectivity index is 2.21. The van der Waals surface area contributed by atoms with Gasteiger partial charge in [0.15, 0.2) is 0 Å². The molecule has 3 nitrogen and oxygen atoms in total. The molecular formula is C17H20N2O. The second-order valence-corrected chi connectivity index (χ2v) is 6.03. The third kappa shape index (κ3) is 1.86. The largest absolute Gasteiger partial charge is 0.313 e. The zero-order chi connectivity index (χ0) is 14.3. The highest BCUT2D eigenvalue weighted by molar-refractivity contribution is 5.42. The van der Waals surface area contributed by atoms with Crippen LogP contribution in [0.5, 0.6) is 0 Å². The number of fused-ring (bicyclic) bond motifs is 1. The number of benzene rings is 1. The monoisotopic (exact) mass is 268 g/mol. The molecule has 2 aromatic rings. The normalized spacial score (nSPS) is 25.2. The summed E-state index contributed by atoms with van der Waals surface area (Å²) in [7, 11) is 0. The highest BCUT2D eigenvalue weighted by atomic mass is 16.5. The molecule has 2 heterocycles. The van der Waals surface area contributed by atoms with E-state index in [1.54, 1.807) is 12.4 Å². The van der Waals surface area contributed by atoms with Gasteiger partial charge in [0.1, 0.15) is 0 Å². The number of hydrogen-bond donors (Lipinski definition) is 1. The maximum atomic E-state index is 10.8. The molecule has 1 aliphatic rings. The van der Waals surface area contributed by atoms with Crippen molar-refractivity contribution in [1.82, 2.24) is 10.0 Å². The predicted molar refractivity (Wildman–Crippen MR) is 78.6 cm³/mol. The van der Waals surface area contributed by atoms with Gasteiger partial charge < -0.3 is 5.21 Å². The minimum atomic E-state index is -0.317. The first-order chi connectivity index (χ1) is 9.53. The van der Waals surface area contributed by atoms with E-state index in [4.69, 9.17) is 0 Å². The van der Waals surface area contributed by atoms with E-state index in [0.717, 1.165) is 5.56 Å². The van der Waals surface area contributed by atoms with Gasteiger partial charge in [0, 0.05) is 23.9 Å². The Morgan fingerprint density at radius 3 is 2.30 bits per heavy atom. The van der Waals surface area contributed by atoms with Crippen LogP contribution >= 0.6 is 0 Å². The van der Waals surface area contributed by atoms with Crippen LogP contribution in [0.2, 0.25) is 0 Å². The fourth-order valence-electron chi connectivity index (χ4n) is 3.06. The lowest BCUT2D eigenvalue weighted by Crippen LogP contribution is -2.51. The van der Waals surface area contributed by atoms with Crippen LogP contribution in [0.4, 0.5) is 0 Å². The number of aromatic nitrogens is 1. The van der Waals surface area contributed by atoms with Crippen molar-refractivity contribution >= 4 is 0 Å². The molecular weight excluding hydrogens is 248 g/mol. The Bertz CT molecular complexity index is 609. The summed E-state index contributed by atoms with van der Waals surface area (Å²) in [5.74, 6) is 0.266. The molecule has 2 atom stereocenters. The Morgan fingerprint density at radius 1 is 1.05 bits per heavy atom. The van der Waals surface area contributed by atoms with Gasteiger partial charge in [0.25, 0.3) is 0 Å². The molecule has 1 aromatic carbocycles. The average Bonchev–Trinajstić information content (AvgIpc) is 2.47. The molecule has 0 spiro atoms. The standard InChI is InChI=1S/C17H20N2O/c1-12-14-6-4-5-7-15(14)16(19(20)17(12,2)3)13-8-10-18-11-9-13/h4-12,16,20H,1-3H3. The topological polar surface area (TPSA) is 36.4 Å². The molecule has 0 fully saturated rings. The first-order valence-electron chi connectivity index (χ1n) is 7.00. The van der Waals surface area contributed by atoms with E-state index in [1.807, 2.05) is 18.2 Å². The smallest absolute Gasteiger partial charge is 0.0859 e. The summed E-state index contributed by atoms with van der Waals surface area (Å²) in [4.78, 5) is 4.07. The summed E-state index contributed by atoms with van der Waals surface area (Å²) in [6, 6.07) is 12.2. The van der Waals surface area contributed by atoms with E-state index in [9.17, 15) is 5.21 Å². The Labute approximate surface area is 119 Å². The highest BCUT2D eigenvalue weighted by Crippen LogP contribution is 2.46. The minimum absolute atomic E-state index is 0.139. The highest BCUT2D eigenvalue weighted by Gasteiger charge is 2.44. The number of nitrogens with zero attached hydrogens (tertiary/aromatic N) is 2. The van der Waals surface area contributed by atoms with Crippen LogP contribution < -0.4 is 0 Å².